The lowest BCUT2D eigenvalue weighted by atomic mass is 10.1. The van der Waals surface area contributed by atoms with E-state index in [1.54, 1.807) is 20.3 Å². The lowest BCUT2D eigenvalue weighted by Crippen LogP contribution is -2.29. The Kier molecular flexibility index (Phi) is 9.08. The van der Waals surface area contributed by atoms with Crippen molar-refractivity contribution in [2.24, 2.45) is 0 Å². The molecule has 1 aromatic rings. The summed E-state index contributed by atoms with van der Waals surface area (Å²) in [7, 11) is -0.355. The lowest BCUT2D eigenvalue weighted by molar-refractivity contribution is 0.327. The third-order valence-corrected chi connectivity index (χ3v) is 6.99. The van der Waals surface area contributed by atoms with Crippen LogP contribution in [0.3, 0.4) is 0 Å². The van der Waals surface area contributed by atoms with E-state index in [0.29, 0.717) is 0 Å². The summed E-state index contributed by atoms with van der Waals surface area (Å²) in [6.45, 7) is 3.92. The van der Waals surface area contributed by atoms with Crippen molar-refractivity contribution in [2.75, 3.05) is 33.7 Å². The maximum Gasteiger partial charge on any atom is 0.308 e. The molecule has 0 aliphatic carbocycles. The fourth-order valence-corrected chi connectivity index (χ4v) is 4.54. The fraction of sp³-hybridized carbons (Fsp3) is 0.842. The van der Waals surface area contributed by atoms with Gasteiger partial charge in [0.05, 0.1) is 5.69 Å². The van der Waals surface area contributed by atoms with Crippen LogP contribution in [0, 0.1) is 0 Å². The summed E-state index contributed by atoms with van der Waals surface area (Å²) < 4.78 is 26.9. The van der Waals surface area contributed by atoms with Crippen LogP contribution in [0.2, 0.25) is 0 Å². The maximum atomic E-state index is 12.2. The molecule has 1 fully saturated rings. The van der Waals surface area contributed by atoms with E-state index in [1.165, 1.54) is 85.6 Å². The number of aromatic nitrogens is 2. The van der Waals surface area contributed by atoms with Crippen LogP contribution in [0.4, 0.5) is 0 Å². The van der Waals surface area contributed by atoms with E-state index in [2.05, 4.69) is 9.88 Å². The minimum atomic E-state index is -3.45. The van der Waals surface area contributed by atoms with Gasteiger partial charge < -0.3 is 4.90 Å². The van der Waals surface area contributed by atoms with Crippen molar-refractivity contribution in [3.8, 4) is 0 Å². The minimum Gasteiger partial charge on any atom is -0.303 e. The van der Waals surface area contributed by atoms with Crippen molar-refractivity contribution in [1.29, 1.82) is 0 Å². The quantitative estimate of drug-likeness (QED) is 0.490. The van der Waals surface area contributed by atoms with Crippen LogP contribution in [-0.4, -0.2) is 60.3 Å². The van der Waals surface area contributed by atoms with Crippen molar-refractivity contribution in [3.05, 3.63) is 18.2 Å². The molecule has 0 aromatic carbocycles. The summed E-state index contributed by atoms with van der Waals surface area (Å²) in [5.74, 6) is 0. The van der Waals surface area contributed by atoms with Crippen LogP contribution < -0.4 is 0 Å². The minimum absolute atomic E-state index is 0.767. The van der Waals surface area contributed by atoms with Gasteiger partial charge in [-0.05, 0) is 51.7 Å². The van der Waals surface area contributed by atoms with E-state index in [4.69, 9.17) is 0 Å². The van der Waals surface area contributed by atoms with Crippen molar-refractivity contribution in [3.63, 3.8) is 0 Å². The molecule has 150 valence electrons. The average Bonchev–Trinajstić information content (AvgIpc) is 3.28. The predicted octanol–water partition coefficient (Wildman–Crippen LogP) is 3.30. The number of hydrogen-bond donors (Lipinski definition) is 0. The SMILES string of the molecule is CN(C)S(=O)(=O)n1cncc1CCCCCCCCCCN1CCCC1. The molecule has 0 unspecified atom stereocenters. The second-order valence-corrected chi connectivity index (χ2v) is 9.62. The Morgan fingerprint density at radius 1 is 0.962 bits per heavy atom. The molecule has 1 aromatic heterocycles. The summed E-state index contributed by atoms with van der Waals surface area (Å²) in [4.78, 5) is 6.61. The predicted molar refractivity (Wildman–Crippen MR) is 107 cm³/mol. The van der Waals surface area contributed by atoms with E-state index < -0.39 is 10.2 Å². The number of rotatable bonds is 13. The van der Waals surface area contributed by atoms with Gasteiger partial charge in [-0.1, -0.05) is 38.5 Å². The zero-order valence-electron chi connectivity index (χ0n) is 16.6. The standard InChI is InChI=1S/C19H36N4O2S/c1-21(2)26(24,25)23-18-20-17-19(23)13-9-7-5-3-4-6-8-10-14-22-15-11-12-16-22/h17-18H,3-16H2,1-2H3. The monoisotopic (exact) mass is 384 g/mol. The smallest absolute Gasteiger partial charge is 0.303 e. The third kappa shape index (κ3) is 6.67. The molecule has 1 saturated heterocycles. The molecule has 2 heterocycles. The molecular weight excluding hydrogens is 348 g/mol. The molecule has 0 amide bonds. The van der Waals surface area contributed by atoms with Gasteiger partial charge in [0, 0.05) is 20.3 Å². The average molecular weight is 385 g/mol. The topological polar surface area (TPSA) is 58.4 Å². The highest BCUT2D eigenvalue weighted by molar-refractivity contribution is 7.87. The normalized spacial score (nSPS) is 16.0. The highest BCUT2D eigenvalue weighted by Gasteiger charge is 2.19. The molecule has 1 aliphatic heterocycles. The van der Waals surface area contributed by atoms with Gasteiger partial charge in [-0.15, -0.1) is 0 Å². The second-order valence-electron chi connectivity index (χ2n) is 7.60. The first-order valence-electron chi connectivity index (χ1n) is 10.2. The number of nitrogens with zero attached hydrogens (tertiary/aromatic N) is 4. The molecular formula is C19H36N4O2S. The maximum absolute atomic E-state index is 12.2. The number of likely N-dealkylation sites (tertiary alicyclic amines) is 1. The van der Waals surface area contributed by atoms with E-state index in [9.17, 15) is 8.42 Å². The Bertz CT molecular complexity index is 607. The molecule has 7 heteroatoms. The first-order valence-corrected chi connectivity index (χ1v) is 11.6. The van der Waals surface area contributed by atoms with Gasteiger partial charge in [-0.3, -0.25) is 0 Å². The van der Waals surface area contributed by atoms with Crippen LogP contribution in [0.25, 0.3) is 0 Å². The zero-order chi connectivity index (χ0) is 18.8. The highest BCUT2D eigenvalue weighted by Crippen LogP contribution is 2.14. The summed E-state index contributed by atoms with van der Waals surface area (Å²) in [5, 5.41) is 0. The molecule has 6 nitrogen and oxygen atoms in total. The van der Waals surface area contributed by atoms with Gasteiger partial charge in [0.25, 0.3) is 0 Å². The van der Waals surface area contributed by atoms with Crippen LogP contribution >= 0.6 is 0 Å². The number of hydrogen-bond acceptors (Lipinski definition) is 4. The fourth-order valence-electron chi connectivity index (χ4n) is 3.58. The first-order chi connectivity index (χ1) is 12.5. The molecule has 26 heavy (non-hydrogen) atoms. The van der Waals surface area contributed by atoms with E-state index in [1.807, 2.05) is 0 Å². The Hall–Kier alpha value is -0.920. The van der Waals surface area contributed by atoms with Gasteiger partial charge in [0.2, 0.25) is 0 Å². The first kappa shape index (κ1) is 21.4. The largest absolute Gasteiger partial charge is 0.308 e. The van der Waals surface area contributed by atoms with Gasteiger partial charge >= 0.3 is 10.2 Å². The Balaban J connectivity index is 1.50. The van der Waals surface area contributed by atoms with E-state index >= 15 is 0 Å². The van der Waals surface area contributed by atoms with Crippen LogP contribution in [-0.2, 0) is 16.6 Å². The van der Waals surface area contributed by atoms with Crippen LogP contribution in [0.1, 0.15) is 69.9 Å². The Morgan fingerprint density at radius 2 is 1.54 bits per heavy atom. The molecule has 0 spiro atoms. The molecule has 0 atom stereocenters. The summed E-state index contributed by atoms with van der Waals surface area (Å²) in [6.07, 6.45) is 16.7. The lowest BCUT2D eigenvalue weighted by Gasteiger charge is -2.14. The van der Waals surface area contributed by atoms with E-state index in [0.717, 1.165) is 25.0 Å². The summed E-state index contributed by atoms with van der Waals surface area (Å²) >= 11 is 0. The van der Waals surface area contributed by atoms with E-state index in [-0.39, 0.29) is 0 Å². The summed E-state index contributed by atoms with van der Waals surface area (Å²) in [5.41, 5.74) is 0.778. The second kappa shape index (κ2) is 11.0. The Morgan fingerprint density at radius 3 is 2.15 bits per heavy atom. The highest BCUT2D eigenvalue weighted by atomic mass is 32.2. The molecule has 2 rings (SSSR count). The number of unbranched alkanes of at least 4 members (excludes halogenated alkanes) is 7. The zero-order valence-corrected chi connectivity index (χ0v) is 17.4. The van der Waals surface area contributed by atoms with Crippen molar-refractivity contribution in [2.45, 2.75) is 70.6 Å². The summed E-state index contributed by atoms with van der Waals surface area (Å²) in [6, 6.07) is 0. The molecule has 0 bridgehead atoms. The Labute approximate surface area is 159 Å². The number of aryl methyl sites for hydroxylation is 1. The molecule has 0 N–H and O–H groups in total. The molecule has 1 aliphatic rings. The van der Waals surface area contributed by atoms with Crippen molar-refractivity contribution in [1.82, 2.24) is 18.2 Å². The van der Waals surface area contributed by atoms with Crippen LogP contribution in [0.5, 0.6) is 0 Å². The molecule has 0 radical (unpaired) electrons. The van der Waals surface area contributed by atoms with Crippen LogP contribution in [0.15, 0.2) is 12.5 Å². The number of imidazole rings is 1. The van der Waals surface area contributed by atoms with Gasteiger partial charge in [0.1, 0.15) is 6.33 Å². The van der Waals surface area contributed by atoms with Gasteiger partial charge in [-0.25, -0.2) is 8.96 Å². The molecule has 0 saturated carbocycles. The van der Waals surface area contributed by atoms with Gasteiger partial charge in [0.15, 0.2) is 0 Å². The van der Waals surface area contributed by atoms with Crippen molar-refractivity contribution < 1.29 is 8.42 Å². The van der Waals surface area contributed by atoms with Crippen molar-refractivity contribution >= 4 is 10.2 Å². The third-order valence-electron chi connectivity index (χ3n) is 5.24. The van der Waals surface area contributed by atoms with Gasteiger partial charge in [-0.2, -0.15) is 12.7 Å².